The highest BCUT2D eigenvalue weighted by Gasteiger charge is 2.36. The van der Waals surface area contributed by atoms with Gasteiger partial charge in [0.05, 0.1) is 6.23 Å². The summed E-state index contributed by atoms with van der Waals surface area (Å²) in [5.74, 6) is 0. The van der Waals surface area contributed by atoms with Crippen LogP contribution in [0.25, 0.3) is 0 Å². The minimum Gasteiger partial charge on any atom is -0.393 e. The van der Waals surface area contributed by atoms with Crippen molar-refractivity contribution in [1.29, 1.82) is 0 Å². The van der Waals surface area contributed by atoms with Gasteiger partial charge in [0.1, 0.15) is 0 Å². The van der Waals surface area contributed by atoms with Crippen molar-refractivity contribution in [2.75, 3.05) is 26.1 Å². The molecule has 0 saturated carbocycles. The molecule has 0 aliphatic heterocycles. The monoisotopic (exact) mass is 262 g/mol. The van der Waals surface area contributed by atoms with Gasteiger partial charge in [0.25, 0.3) is 0 Å². The van der Waals surface area contributed by atoms with E-state index in [1.807, 2.05) is 20.8 Å². The maximum atomic E-state index is 5.94. The smallest absolute Gasteiger partial charge is 0.364 e. The van der Waals surface area contributed by atoms with Gasteiger partial charge in [-0.3, -0.25) is 0 Å². The lowest BCUT2D eigenvalue weighted by atomic mass is 10.2. The molecule has 0 atom stereocenters. The van der Waals surface area contributed by atoms with E-state index in [2.05, 4.69) is 6.92 Å². The van der Waals surface area contributed by atoms with Crippen molar-refractivity contribution in [2.45, 2.75) is 59.4 Å². The molecule has 0 unspecified atom stereocenters. The average Bonchev–Trinajstić information content (AvgIpc) is 2.33. The van der Waals surface area contributed by atoms with Gasteiger partial charge in [0.15, 0.2) is 0 Å². The summed E-state index contributed by atoms with van der Waals surface area (Å²) in [4.78, 5) is 0. The van der Waals surface area contributed by atoms with Gasteiger partial charge in [-0.2, -0.15) is 0 Å². The molecule has 0 aromatic carbocycles. The molecule has 0 aliphatic rings. The summed E-state index contributed by atoms with van der Waals surface area (Å²) in [6, 6.07) is 1.06. The maximum Gasteiger partial charge on any atom is 0.364 e. The van der Waals surface area contributed by atoms with E-state index < -0.39 is 8.56 Å². The largest absolute Gasteiger partial charge is 0.393 e. The molecular weight excluding hydrogens is 232 g/mol. The standard InChI is InChI=1S/C13H30O3Si/c1-5-9-10-11-12-17(15-7-3,16-8-4)13-14-6-2/h5-13H2,1-4H3. The number of ether oxygens (including phenoxy) is 1. The van der Waals surface area contributed by atoms with E-state index in [0.29, 0.717) is 6.23 Å². The second-order valence-electron chi connectivity index (χ2n) is 4.22. The Bertz CT molecular complexity index is 159. The molecule has 0 rings (SSSR count). The van der Waals surface area contributed by atoms with Crippen LogP contribution in [-0.2, 0) is 13.6 Å². The Kier molecular flexibility index (Phi) is 11.3. The lowest BCUT2D eigenvalue weighted by Crippen LogP contribution is -2.47. The molecule has 0 N–H and O–H groups in total. The Morgan fingerprint density at radius 3 is 1.88 bits per heavy atom. The highest BCUT2D eigenvalue weighted by Crippen LogP contribution is 2.19. The summed E-state index contributed by atoms with van der Waals surface area (Å²) in [5, 5.41) is 0. The normalized spacial score (nSPS) is 12.0. The van der Waals surface area contributed by atoms with Crippen molar-refractivity contribution >= 4 is 8.56 Å². The van der Waals surface area contributed by atoms with Crippen molar-refractivity contribution in [2.24, 2.45) is 0 Å². The van der Waals surface area contributed by atoms with E-state index >= 15 is 0 Å². The second kappa shape index (κ2) is 11.2. The average molecular weight is 262 g/mol. The summed E-state index contributed by atoms with van der Waals surface area (Å²) >= 11 is 0. The number of rotatable bonds is 12. The molecule has 0 fully saturated rings. The Labute approximate surface area is 108 Å². The highest BCUT2D eigenvalue weighted by molar-refractivity contribution is 6.67. The number of hydrogen-bond donors (Lipinski definition) is 0. The van der Waals surface area contributed by atoms with E-state index in [4.69, 9.17) is 13.6 Å². The third-order valence-corrected chi connectivity index (χ3v) is 6.14. The summed E-state index contributed by atoms with van der Waals surface area (Å²) < 4.78 is 17.5. The lowest BCUT2D eigenvalue weighted by Gasteiger charge is -2.29. The molecule has 3 nitrogen and oxygen atoms in total. The fourth-order valence-corrected chi connectivity index (χ4v) is 4.99. The molecule has 0 amide bonds. The van der Waals surface area contributed by atoms with Gasteiger partial charge in [-0.25, -0.2) is 0 Å². The lowest BCUT2D eigenvalue weighted by molar-refractivity contribution is 0.111. The van der Waals surface area contributed by atoms with Crippen LogP contribution >= 0.6 is 0 Å². The molecule has 17 heavy (non-hydrogen) atoms. The van der Waals surface area contributed by atoms with E-state index in [-0.39, 0.29) is 0 Å². The van der Waals surface area contributed by atoms with Gasteiger partial charge in [-0.05, 0) is 26.8 Å². The van der Waals surface area contributed by atoms with Crippen LogP contribution in [0.1, 0.15) is 53.4 Å². The van der Waals surface area contributed by atoms with Gasteiger partial charge in [0, 0.05) is 19.8 Å². The Morgan fingerprint density at radius 1 is 0.765 bits per heavy atom. The van der Waals surface area contributed by atoms with Crippen LogP contribution < -0.4 is 0 Å². The minimum atomic E-state index is -2.09. The van der Waals surface area contributed by atoms with Crippen LogP contribution in [0.2, 0.25) is 6.04 Å². The van der Waals surface area contributed by atoms with Crippen molar-refractivity contribution in [1.82, 2.24) is 0 Å². The quantitative estimate of drug-likeness (QED) is 0.397. The first-order valence-electron chi connectivity index (χ1n) is 7.10. The van der Waals surface area contributed by atoms with Crippen LogP contribution in [0.3, 0.4) is 0 Å². The van der Waals surface area contributed by atoms with Crippen LogP contribution in [0.4, 0.5) is 0 Å². The first-order chi connectivity index (χ1) is 8.24. The molecule has 0 saturated heterocycles. The van der Waals surface area contributed by atoms with Gasteiger partial charge < -0.3 is 13.6 Å². The Morgan fingerprint density at radius 2 is 1.41 bits per heavy atom. The zero-order valence-electron chi connectivity index (χ0n) is 12.1. The van der Waals surface area contributed by atoms with Crippen LogP contribution in [0.15, 0.2) is 0 Å². The maximum absolute atomic E-state index is 5.94. The molecule has 0 heterocycles. The third-order valence-electron chi connectivity index (χ3n) is 2.75. The number of unbranched alkanes of at least 4 members (excludes halogenated alkanes) is 3. The molecule has 0 bridgehead atoms. The molecule has 0 aromatic heterocycles. The predicted octanol–water partition coefficient (Wildman–Crippen LogP) is 3.66. The van der Waals surface area contributed by atoms with Crippen LogP contribution in [-0.4, -0.2) is 34.6 Å². The third kappa shape index (κ3) is 7.92. The molecule has 0 aliphatic carbocycles. The molecular formula is C13H30O3Si. The van der Waals surface area contributed by atoms with E-state index in [0.717, 1.165) is 25.9 Å². The summed E-state index contributed by atoms with van der Waals surface area (Å²) in [7, 11) is -2.09. The van der Waals surface area contributed by atoms with E-state index in [9.17, 15) is 0 Å². The zero-order chi connectivity index (χ0) is 13.0. The molecule has 4 heteroatoms. The minimum absolute atomic E-state index is 0.678. The van der Waals surface area contributed by atoms with Gasteiger partial charge in [-0.15, -0.1) is 0 Å². The SMILES string of the molecule is CCCCCC[Si](COCC)(OCC)OCC. The summed E-state index contributed by atoms with van der Waals surface area (Å²) in [5.41, 5.74) is 0. The Balaban J connectivity index is 4.20. The molecule has 0 aromatic rings. The van der Waals surface area contributed by atoms with Crippen molar-refractivity contribution in [3.8, 4) is 0 Å². The van der Waals surface area contributed by atoms with Crippen molar-refractivity contribution < 1.29 is 13.6 Å². The summed E-state index contributed by atoms with van der Waals surface area (Å²) in [6.07, 6.45) is 5.72. The highest BCUT2D eigenvalue weighted by atomic mass is 28.4. The van der Waals surface area contributed by atoms with Gasteiger partial charge in [-0.1, -0.05) is 32.6 Å². The fourth-order valence-electron chi connectivity index (χ4n) is 1.95. The van der Waals surface area contributed by atoms with Gasteiger partial charge >= 0.3 is 8.56 Å². The van der Waals surface area contributed by atoms with E-state index in [1.165, 1.54) is 25.7 Å². The Hall–Kier alpha value is 0.0969. The molecule has 0 radical (unpaired) electrons. The van der Waals surface area contributed by atoms with Gasteiger partial charge in [0.2, 0.25) is 0 Å². The fraction of sp³-hybridized carbons (Fsp3) is 1.00. The second-order valence-corrected chi connectivity index (χ2v) is 7.41. The van der Waals surface area contributed by atoms with Crippen LogP contribution in [0.5, 0.6) is 0 Å². The first kappa shape index (κ1) is 17.1. The summed E-state index contributed by atoms with van der Waals surface area (Å²) in [6.45, 7) is 10.5. The molecule has 0 spiro atoms. The molecule has 104 valence electrons. The van der Waals surface area contributed by atoms with E-state index in [1.54, 1.807) is 0 Å². The topological polar surface area (TPSA) is 27.7 Å². The zero-order valence-corrected chi connectivity index (χ0v) is 13.1. The van der Waals surface area contributed by atoms with Crippen LogP contribution in [0, 0.1) is 0 Å². The predicted molar refractivity (Wildman–Crippen MR) is 74.4 cm³/mol. The number of hydrogen-bond acceptors (Lipinski definition) is 3. The van der Waals surface area contributed by atoms with Crippen molar-refractivity contribution in [3.63, 3.8) is 0 Å². The first-order valence-corrected chi connectivity index (χ1v) is 9.33. The van der Waals surface area contributed by atoms with Crippen molar-refractivity contribution in [3.05, 3.63) is 0 Å².